The second kappa shape index (κ2) is 5.75. The Bertz CT molecular complexity index is 668. The van der Waals surface area contributed by atoms with Gasteiger partial charge in [0.15, 0.2) is 11.6 Å². The summed E-state index contributed by atoms with van der Waals surface area (Å²) in [4.78, 5) is 22.0. The molecular weight excluding hydrogens is 262 g/mol. The minimum absolute atomic E-state index is 0.206. The van der Waals surface area contributed by atoms with Gasteiger partial charge in [-0.1, -0.05) is 44.2 Å². The fourth-order valence-electron chi connectivity index (χ4n) is 1.88. The lowest BCUT2D eigenvalue weighted by Gasteiger charge is -2.08. The Balaban J connectivity index is 2.16. The summed E-state index contributed by atoms with van der Waals surface area (Å²) >= 11 is 0. The summed E-state index contributed by atoms with van der Waals surface area (Å²) in [5, 5.41) is 0. The van der Waals surface area contributed by atoms with Gasteiger partial charge in [-0.2, -0.15) is 0 Å². The molecular formula is C16H15N5. The van der Waals surface area contributed by atoms with Crippen LogP contribution in [0.1, 0.15) is 25.6 Å². The fourth-order valence-corrected chi connectivity index (χ4v) is 1.88. The maximum Gasteiger partial charge on any atom is 0.201 e. The number of aromatic nitrogens is 5. The molecule has 0 aliphatic carbocycles. The summed E-state index contributed by atoms with van der Waals surface area (Å²) in [5.41, 5.74) is 0.957. The Morgan fingerprint density at radius 2 is 1.38 bits per heavy atom. The molecule has 104 valence electrons. The van der Waals surface area contributed by atoms with Gasteiger partial charge in [-0.15, -0.1) is 0 Å². The van der Waals surface area contributed by atoms with Gasteiger partial charge < -0.3 is 0 Å². The fraction of sp³-hybridized carbons (Fsp3) is 0.188. The molecule has 3 rings (SSSR count). The molecule has 0 aliphatic heterocycles. The molecule has 0 unspecified atom stereocenters. The SMILES string of the molecule is CC(C)c1nc(-c2ccccc2)nc(-c2ncccn2)n1. The lowest BCUT2D eigenvalue weighted by atomic mass is 10.2. The summed E-state index contributed by atoms with van der Waals surface area (Å²) < 4.78 is 0. The van der Waals surface area contributed by atoms with Gasteiger partial charge in [0.1, 0.15) is 5.82 Å². The zero-order valence-electron chi connectivity index (χ0n) is 11.9. The number of rotatable bonds is 3. The van der Waals surface area contributed by atoms with Gasteiger partial charge in [-0.25, -0.2) is 24.9 Å². The van der Waals surface area contributed by atoms with Crippen molar-refractivity contribution in [3.8, 4) is 23.0 Å². The molecule has 21 heavy (non-hydrogen) atoms. The molecule has 3 aromatic rings. The monoisotopic (exact) mass is 277 g/mol. The molecule has 2 heterocycles. The second-order valence-corrected chi connectivity index (χ2v) is 4.93. The van der Waals surface area contributed by atoms with Crippen molar-refractivity contribution in [1.29, 1.82) is 0 Å². The van der Waals surface area contributed by atoms with Crippen molar-refractivity contribution in [1.82, 2.24) is 24.9 Å². The van der Waals surface area contributed by atoms with Crippen LogP contribution in [0.4, 0.5) is 0 Å². The maximum absolute atomic E-state index is 4.55. The lowest BCUT2D eigenvalue weighted by Crippen LogP contribution is -2.05. The topological polar surface area (TPSA) is 64.5 Å². The van der Waals surface area contributed by atoms with Gasteiger partial charge in [-0.3, -0.25) is 0 Å². The highest BCUT2D eigenvalue weighted by atomic mass is 15.1. The smallest absolute Gasteiger partial charge is 0.201 e. The molecule has 0 aliphatic rings. The van der Waals surface area contributed by atoms with Gasteiger partial charge in [0.05, 0.1) is 0 Å². The molecule has 0 spiro atoms. The predicted octanol–water partition coefficient (Wildman–Crippen LogP) is 3.12. The van der Waals surface area contributed by atoms with E-state index in [0.717, 1.165) is 11.4 Å². The maximum atomic E-state index is 4.55. The van der Waals surface area contributed by atoms with Crippen LogP contribution in [0.5, 0.6) is 0 Å². The van der Waals surface area contributed by atoms with Crippen molar-refractivity contribution in [2.75, 3.05) is 0 Å². The molecule has 5 heteroatoms. The first-order valence-corrected chi connectivity index (χ1v) is 6.83. The highest BCUT2D eigenvalue weighted by Crippen LogP contribution is 2.20. The van der Waals surface area contributed by atoms with Crippen LogP contribution < -0.4 is 0 Å². The van der Waals surface area contributed by atoms with Gasteiger partial charge in [0.2, 0.25) is 5.82 Å². The molecule has 0 saturated carbocycles. The number of hydrogen-bond donors (Lipinski definition) is 0. The summed E-state index contributed by atoms with van der Waals surface area (Å²) in [7, 11) is 0. The average Bonchev–Trinajstić information content (AvgIpc) is 2.56. The largest absolute Gasteiger partial charge is 0.234 e. The second-order valence-electron chi connectivity index (χ2n) is 4.93. The van der Waals surface area contributed by atoms with Gasteiger partial charge in [0.25, 0.3) is 0 Å². The van der Waals surface area contributed by atoms with Crippen LogP contribution in [0.2, 0.25) is 0 Å². The Hall–Kier alpha value is -2.69. The van der Waals surface area contributed by atoms with E-state index < -0.39 is 0 Å². The molecule has 0 amide bonds. The van der Waals surface area contributed by atoms with Crippen LogP contribution in [-0.2, 0) is 0 Å². The minimum atomic E-state index is 0.206. The third-order valence-electron chi connectivity index (χ3n) is 2.97. The van der Waals surface area contributed by atoms with Crippen molar-refractivity contribution in [3.05, 3.63) is 54.6 Å². The molecule has 2 aromatic heterocycles. The van der Waals surface area contributed by atoms with E-state index in [1.165, 1.54) is 0 Å². The van der Waals surface area contributed by atoms with E-state index in [2.05, 4.69) is 38.8 Å². The number of hydrogen-bond acceptors (Lipinski definition) is 5. The van der Waals surface area contributed by atoms with Crippen molar-refractivity contribution in [2.24, 2.45) is 0 Å². The summed E-state index contributed by atoms with van der Waals surface area (Å²) in [5.74, 6) is 2.62. The Morgan fingerprint density at radius 3 is 2.05 bits per heavy atom. The van der Waals surface area contributed by atoms with E-state index in [-0.39, 0.29) is 5.92 Å². The van der Waals surface area contributed by atoms with Crippen molar-refractivity contribution in [3.63, 3.8) is 0 Å². The molecule has 0 radical (unpaired) electrons. The molecule has 1 aromatic carbocycles. The van der Waals surface area contributed by atoms with Crippen LogP contribution >= 0.6 is 0 Å². The molecule has 0 saturated heterocycles. The molecule has 5 nitrogen and oxygen atoms in total. The molecule has 0 N–H and O–H groups in total. The van der Waals surface area contributed by atoms with E-state index in [4.69, 9.17) is 0 Å². The minimum Gasteiger partial charge on any atom is -0.234 e. The third-order valence-corrected chi connectivity index (χ3v) is 2.97. The van der Waals surface area contributed by atoms with Crippen LogP contribution in [0.3, 0.4) is 0 Å². The van der Waals surface area contributed by atoms with E-state index in [0.29, 0.717) is 17.5 Å². The van der Waals surface area contributed by atoms with E-state index in [1.807, 2.05) is 30.3 Å². The number of nitrogens with zero attached hydrogens (tertiary/aromatic N) is 5. The average molecular weight is 277 g/mol. The lowest BCUT2D eigenvalue weighted by molar-refractivity contribution is 0.763. The molecule has 0 atom stereocenters. The van der Waals surface area contributed by atoms with Gasteiger partial charge in [0, 0.05) is 23.9 Å². The summed E-state index contributed by atoms with van der Waals surface area (Å²) in [6.07, 6.45) is 3.37. The quantitative estimate of drug-likeness (QED) is 0.736. The predicted molar refractivity (Wildman–Crippen MR) is 80.4 cm³/mol. The van der Waals surface area contributed by atoms with Crippen LogP contribution in [0.15, 0.2) is 48.8 Å². The zero-order chi connectivity index (χ0) is 14.7. The summed E-state index contributed by atoms with van der Waals surface area (Å²) in [6.45, 7) is 4.11. The number of benzene rings is 1. The van der Waals surface area contributed by atoms with Crippen molar-refractivity contribution < 1.29 is 0 Å². The highest BCUT2D eigenvalue weighted by molar-refractivity contribution is 5.57. The standard InChI is InChI=1S/C16H15N5/c1-11(2)13-19-14(12-7-4-3-5-8-12)21-16(20-13)15-17-9-6-10-18-15/h3-11H,1-2H3. The Kier molecular flexibility index (Phi) is 3.64. The Morgan fingerprint density at radius 1 is 0.714 bits per heavy atom. The molecule has 0 fully saturated rings. The van der Waals surface area contributed by atoms with Crippen LogP contribution in [0.25, 0.3) is 23.0 Å². The van der Waals surface area contributed by atoms with Crippen molar-refractivity contribution >= 4 is 0 Å². The van der Waals surface area contributed by atoms with Gasteiger partial charge in [-0.05, 0) is 6.07 Å². The van der Waals surface area contributed by atoms with Gasteiger partial charge >= 0.3 is 0 Å². The third kappa shape index (κ3) is 2.91. The van der Waals surface area contributed by atoms with Crippen molar-refractivity contribution in [2.45, 2.75) is 19.8 Å². The first-order valence-electron chi connectivity index (χ1n) is 6.83. The zero-order valence-corrected chi connectivity index (χ0v) is 11.9. The summed E-state index contributed by atoms with van der Waals surface area (Å²) in [6, 6.07) is 11.6. The van der Waals surface area contributed by atoms with E-state index in [9.17, 15) is 0 Å². The van der Waals surface area contributed by atoms with Crippen LogP contribution in [-0.4, -0.2) is 24.9 Å². The van der Waals surface area contributed by atoms with E-state index in [1.54, 1.807) is 18.5 Å². The molecule has 0 bridgehead atoms. The van der Waals surface area contributed by atoms with Crippen LogP contribution in [0, 0.1) is 0 Å². The van der Waals surface area contributed by atoms with E-state index >= 15 is 0 Å². The normalized spacial score (nSPS) is 10.8. The Labute approximate surface area is 123 Å². The highest BCUT2D eigenvalue weighted by Gasteiger charge is 2.13. The first kappa shape index (κ1) is 13.3. The first-order chi connectivity index (χ1) is 10.2.